The Bertz CT molecular complexity index is 874. The number of amides is 2. The molecule has 2 aromatic rings. The first-order valence-corrected chi connectivity index (χ1v) is 9.79. The molecule has 0 fully saturated rings. The van der Waals surface area contributed by atoms with E-state index < -0.39 is 6.04 Å². The zero-order valence-corrected chi connectivity index (χ0v) is 16.0. The maximum atomic E-state index is 13.5. The zero-order valence-electron chi connectivity index (χ0n) is 16.0. The second-order valence-electron chi connectivity index (χ2n) is 8.01. The van der Waals surface area contributed by atoms with Crippen molar-refractivity contribution in [3.8, 4) is 0 Å². The molecular formula is C23H26N2O2. The van der Waals surface area contributed by atoms with Crippen molar-refractivity contribution in [3.05, 3.63) is 70.8 Å². The minimum Gasteiger partial charge on any atom is -0.336 e. The fourth-order valence-electron chi connectivity index (χ4n) is 4.23. The molecule has 4 heteroatoms. The Labute approximate surface area is 160 Å². The van der Waals surface area contributed by atoms with Crippen LogP contribution in [0.3, 0.4) is 0 Å². The minimum absolute atomic E-state index is 0.0120. The molecule has 140 valence electrons. The molecule has 1 unspecified atom stereocenters. The van der Waals surface area contributed by atoms with Crippen molar-refractivity contribution in [2.45, 2.75) is 45.8 Å². The van der Waals surface area contributed by atoms with E-state index in [1.807, 2.05) is 35.2 Å². The fourth-order valence-corrected chi connectivity index (χ4v) is 4.23. The molecule has 0 radical (unpaired) electrons. The number of carbonyl (C=O) groups is 2. The van der Waals surface area contributed by atoms with E-state index in [2.05, 4.69) is 32.0 Å². The van der Waals surface area contributed by atoms with Crippen molar-refractivity contribution in [1.82, 2.24) is 9.80 Å². The Morgan fingerprint density at radius 3 is 2.33 bits per heavy atom. The van der Waals surface area contributed by atoms with E-state index in [1.54, 1.807) is 4.90 Å². The molecule has 4 rings (SSSR count). The Balaban J connectivity index is 1.58. The van der Waals surface area contributed by atoms with Gasteiger partial charge in [-0.15, -0.1) is 0 Å². The smallest absolute Gasteiger partial charge is 0.255 e. The van der Waals surface area contributed by atoms with Crippen molar-refractivity contribution in [2.24, 2.45) is 5.92 Å². The summed E-state index contributed by atoms with van der Waals surface area (Å²) < 4.78 is 0. The molecule has 0 spiro atoms. The van der Waals surface area contributed by atoms with Crippen LogP contribution in [0.25, 0.3) is 0 Å². The number of hydrogen-bond acceptors (Lipinski definition) is 2. The van der Waals surface area contributed by atoms with Gasteiger partial charge >= 0.3 is 0 Å². The van der Waals surface area contributed by atoms with Crippen molar-refractivity contribution in [2.75, 3.05) is 6.54 Å². The van der Waals surface area contributed by atoms with Crippen LogP contribution in [-0.2, 0) is 24.3 Å². The lowest BCUT2D eigenvalue weighted by Crippen LogP contribution is -2.50. The zero-order chi connectivity index (χ0) is 19.0. The number of hydrogen-bond donors (Lipinski definition) is 0. The highest BCUT2D eigenvalue weighted by atomic mass is 16.2. The van der Waals surface area contributed by atoms with Crippen molar-refractivity contribution >= 4 is 11.8 Å². The van der Waals surface area contributed by atoms with Gasteiger partial charge in [0.2, 0.25) is 5.91 Å². The molecule has 0 saturated carbocycles. The Morgan fingerprint density at radius 1 is 0.963 bits per heavy atom. The third-order valence-electron chi connectivity index (χ3n) is 5.65. The molecule has 0 bridgehead atoms. The quantitative estimate of drug-likeness (QED) is 0.833. The molecule has 0 N–H and O–H groups in total. The van der Waals surface area contributed by atoms with Crippen LogP contribution < -0.4 is 0 Å². The molecule has 2 amide bonds. The molecule has 0 aromatic heterocycles. The fraction of sp³-hybridized carbons (Fsp3) is 0.391. The SMILES string of the molecule is CC(C)CC(C(=O)N1CCc2ccccc2C1)N1Cc2ccccc2C1=O. The summed E-state index contributed by atoms with van der Waals surface area (Å²) in [6.07, 6.45) is 1.57. The third kappa shape index (κ3) is 3.36. The molecule has 2 heterocycles. The van der Waals surface area contributed by atoms with Crippen molar-refractivity contribution in [3.63, 3.8) is 0 Å². The average Bonchev–Trinajstić information content (AvgIpc) is 3.02. The lowest BCUT2D eigenvalue weighted by atomic mass is 9.97. The number of rotatable bonds is 4. The van der Waals surface area contributed by atoms with Crippen LogP contribution >= 0.6 is 0 Å². The van der Waals surface area contributed by atoms with Gasteiger partial charge in [-0.25, -0.2) is 0 Å². The first-order chi connectivity index (χ1) is 13.0. The lowest BCUT2D eigenvalue weighted by molar-refractivity contribution is -0.137. The van der Waals surface area contributed by atoms with Gasteiger partial charge in [0.15, 0.2) is 0 Å². The number of benzene rings is 2. The maximum absolute atomic E-state index is 13.5. The molecule has 4 nitrogen and oxygen atoms in total. The highest BCUT2D eigenvalue weighted by Crippen LogP contribution is 2.29. The molecule has 2 aromatic carbocycles. The van der Waals surface area contributed by atoms with Crippen LogP contribution in [0.1, 0.15) is 47.3 Å². The van der Waals surface area contributed by atoms with Gasteiger partial charge in [0.1, 0.15) is 6.04 Å². The molecule has 2 aliphatic rings. The standard InChI is InChI=1S/C23H26N2O2/c1-16(2)13-21(25-15-19-9-5-6-10-20(19)22(25)26)23(27)24-12-11-17-7-3-4-8-18(17)14-24/h3-10,16,21H,11-15H2,1-2H3. The van der Waals surface area contributed by atoms with E-state index in [9.17, 15) is 9.59 Å². The Morgan fingerprint density at radius 2 is 1.63 bits per heavy atom. The number of fused-ring (bicyclic) bond motifs is 2. The molecular weight excluding hydrogens is 336 g/mol. The highest BCUT2D eigenvalue weighted by molar-refractivity contribution is 6.01. The highest BCUT2D eigenvalue weighted by Gasteiger charge is 2.38. The van der Waals surface area contributed by atoms with Crippen LogP contribution in [0.2, 0.25) is 0 Å². The van der Waals surface area contributed by atoms with Crippen LogP contribution in [-0.4, -0.2) is 34.2 Å². The molecule has 0 saturated heterocycles. The van der Waals surface area contributed by atoms with E-state index in [4.69, 9.17) is 0 Å². The largest absolute Gasteiger partial charge is 0.336 e. The van der Waals surface area contributed by atoms with Gasteiger partial charge < -0.3 is 9.80 Å². The van der Waals surface area contributed by atoms with Crippen molar-refractivity contribution < 1.29 is 9.59 Å². The third-order valence-corrected chi connectivity index (χ3v) is 5.65. The summed E-state index contributed by atoms with van der Waals surface area (Å²) in [5.41, 5.74) is 4.30. The van der Waals surface area contributed by atoms with E-state index >= 15 is 0 Å². The number of nitrogens with zero attached hydrogens (tertiary/aromatic N) is 2. The predicted octanol–water partition coefficient (Wildman–Crippen LogP) is 3.64. The van der Waals surface area contributed by atoms with E-state index in [0.29, 0.717) is 25.4 Å². The van der Waals surface area contributed by atoms with Gasteiger partial charge in [0.05, 0.1) is 0 Å². The Kier molecular flexibility index (Phi) is 4.73. The average molecular weight is 362 g/mol. The van der Waals surface area contributed by atoms with Gasteiger partial charge in [0, 0.05) is 25.2 Å². The van der Waals surface area contributed by atoms with E-state index in [0.717, 1.165) is 24.1 Å². The van der Waals surface area contributed by atoms with Gasteiger partial charge in [-0.1, -0.05) is 56.3 Å². The maximum Gasteiger partial charge on any atom is 0.255 e. The summed E-state index contributed by atoms with van der Waals surface area (Å²) in [7, 11) is 0. The molecule has 1 atom stereocenters. The summed E-state index contributed by atoms with van der Waals surface area (Å²) in [5, 5.41) is 0. The predicted molar refractivity (Wildman–Crippen MR) is 105 cm³/mol. The summed E-state index contributed by atoms with van der Waals surface area (Å²) in [4.78, 5) is 30.1. The Hall–Kier alpha value is -2.62. The summed E-state index contributed by atoms with van der Waals surface area (Å²) in [5.74, 6) is 0.411. The summed E-state index contributed by atoms with van der Waals surface area (Å²) >= 11 is 0. The monoisotopic (exact) mass is 362 g/mol. The van der Waals surface area contributed by atoms with Crippen molar-refractivity contribution in [1.29, 1.82) is 0 Å². The molecule has 0 aliphatic carbocycles. The lowest BCUT2D eigenvalue weighted by Gasteiger charge is -2.36. The first-order valence-electron chi connectivity index (χ1n) is 9.79. The van der Waals surface area contributed by atoms with Gasteiger partial charge in [-0.05, 0) is 41.5 Å². The first kappa shape index (κ1) is 17.8. The topological polar surface area (TPSA) is 40.6 Å². The van der Waals surface area contributed by atoms with Gasteiger partial charge in [-0.3, -0.25) is 9.59 Å². The van der Waals surface area contributed by atoms with Crippen LogP contribution in [0.5, 0.6) is 0 Å². The normalized spacial score (nSPS) is 17.1. The van der Waals surface area contributed by atoms with E-state index in [-0.39, 0.29) is 11.8 Å². The summed E-state index contributed by atoms with van der Waals surface area (Å²) in [6.45, 7) is 6.11. The number of carbonyl (C=O) groups excluding carboxylic acids is 2. The van der Waals surface area contributed by atoms with Crippen LogP contribution in [0.4, 0.5) is 0 Å². The minimum atomic E-state index is -0.393. The second-order valence-corrected chi connectivity index (χ2v) is 8.01. The van der Waals surface area contributed by atoms with Crippen LogP contribution in [0.15, 0.2) is 48.5 Å². The van der Waals surface area contributed by atoms with E-state index in [1.165, 1.54) is 11.1 Å². The molecule has 27 heavy (non-hydrogen) atoms. The van der Waals surface area contributed by atoms with Crippen LogP contribution in [0, 0.1) is 5.92 Å². The van der Waals surface area contributed by atoms with Gasteiger partial charge in [0.25, 0.3) is 5.91 Å². The van der Waals surface area contributed by atoms with Gasteiger partial charge in [-0.2, -0.15) is 0 Å². The summed E-state index contributed by atoms with van der Waals surface area (Å²) in [6, 6.07) is 15.6. The second kappa shape index (κ2) is 7.18. The molecule has 2 aliphatic heterocycles.